The predicted molar refractivity (Wildman–Crippen MR) is 51.3 cm³/mol. The van der Waals surface area contributed by atoms with Gasteiger partial charge in [-0.1, -0.05) is 36.1 Å². The minimum atomic E-state index is 0.519. The first-order chi connectivity index (χ1) is 5.81. The molecule has 3 heteroatoms. The van der Waals surface area contributed by atoms with Gasteiger partial charge in [0.25, 0.3) is 0 Å². The largest absolute Gasteiger partial charge is 0.450 e. The van der Waals surface area contributed by atoms with Crippen LogP contribution in [-0.4, -0.2) is 12.5 Å². The molecule has 1 aromatic carbocycles. The van der Waals surface area contributed by atoms with Crippen LogP contribution in [0.4, 0.5) is 0 Å². The molecule has 0 aromatic heterocycles. The average molecular weight is 162 g/mol. The molecule has 0 bridgehead atoms. The van der Waals surface area contributed by atoms with E-state index in [-0.39, 0.29) is 0 Å². The Bertz CT molecular complexity index is 263. The standard InChI is InChI=1S/C9H13BNO/c1-2-8-4-3-7(6-11)5-9(8)10-12/h3-5,12H,2,6,11H2,1H3. The number of hydrogen-bond acceptors (Lipinski definition) is 2. The summed E-state index contributed by atoms with van der Waals surface area (Å²) in [7, 11) is 1.14. The molecular weight excluding hydrogens is 149 g/mol. The maximum Gasteiger partial charge on any atom is 0.327 e. The molecule has 0 spiro atoms. The van der Waals surface area contributed by atoms with Crippen LogP contribution in [0, 0.1) is 0 Å². The Balaban J connectivity index is 3.02. The normalized spacial score (nSPS) is 9.92. The summed E-state index contributed by atoms with van der Waals surface area (Å²) in [6.07, 6.45) is 0.928. The van der Waals surface area contributed by atoms with Crippen molar-refractivity contribution in [3.8, 4) is 0 Å². The SMILES string of the molecule is CCc1ccc(CN)cc1[B]O. The highest BCUT2D eigenvalue weighted by Gasteiger charge is 2.01. The van der Waals surface area contributed by atoms with Crippen molar-refractivity contribution in [1.29, 1.82) is 0 Å². The fourth-order valence-electron chi connectivity index (χ4n) is 1.21. The molecule has 1 radical (unpaired) electrons. The average Bonchev–Trinajstić information content (AvgIpc) is 2.16. The first kappa shape index (κ1) is 9.29. The Morgan fingerprint density at radius 3 is 2.75 bits per heavy atom. The van der Waals surface area contributed by atoms with Gasteiger partial charge in [-0.05, 0) is 12.0 Å². The molecule has 0 amide bonds. The van der Waals surface area contributed by atoms with Crippen molar-refractivity contribution in [3.05, 3.63) is 29.3 Å². The van der Waals surface area contributed by atoms with Crippen molar-refractivity contribution in [2.45, 2.75) is 19.9 Å². The zero-order valence-electron chi connectivity index (χ0n) is 7.25. The summed E-state index contributed by atoms with van der Waals surface area (Å²) in [5.41, 5.74) is 8.54. The molecule has 0 aliphatic carbocycles. The van der Waals surface area contributed by atoms with Crippen molar-refractivity contribution in [2.75, 3.05) is 0 Å². The maximum absolute atomic E-state index is 8.90. The highest BCUT2D eigenvalue weighted by atomic mass is 16.2. The molecule has 63 valence electrons. The third-order valence-corrected chi connectivity index (χ3v) is 1.97. The van der Waals surface area contributed by atoms with Crippen LogP contribution >= 0.6 is 0 Å². The Morgan fingerprint density at radius 2 is 2.25 bits per heavy atom. The Morgan fingerprint density at radius 1 is 1.50 bits per heavy atom. The molecule has 2 nitrogen and oxygen atoms in total. The molecule has 0 aliphatic heterocycles. The van der Waals surface area contributed by atoms with Gasteiger partial charge < -0.3 is 10.8 Å². The van der Waals surface area contributed by atoms with Gasteiger partial charge in [-0.25, -0.2) is 0 Å². The number of benzene rings is 1. The quantitative estimate of drug-likeness (QED) is 0.611. The summed E-state index contributed by atoms with van der Waals surface area (Å²) in [6, 6.07) is 5.91. The number of aryl methyl sites for hydroxylation is 1. The van der Waals surface area contributed by atoms with Crippen molar-refractivity contribution in [1.82, 2.24) is 0 Å². The minimum absolute atomic E-state index is 0.519. The van der Waals surface area contributed by atoms with E-state index in [1.54, 1.807) is 0 Å². The van der Waals surface area contributed by atoms with Gasteiger partial charge in [0.05, 0.1) is 0 Å². The van der Waals surface area contributed by atoms with Gasteiger partial charge in [-0.2, -0.15) is 0 Å². The van der Waals surface area contributed by atoms with E-state index in [4.69, 9.17) is 10.8 Å². The van der Waals surface area contributed by atoms with E-state index >= 15 is 0 Å². The van der Waals surface area contributed by atoms with Crippen molar-refractivity contribution >= 4 is 12.9 Å². The lowest BCUT2D eigenvalue weighted by molar-refractivity contribution is 0.615. The van der Waals surface area contributed by atoms with Gasteiger partial charge in [-0.15, -0.1) is 0 Å². The molecule has 1 aromatic rings. The maximum atomic E-state index is 8.90. The Kier molecular flexibility index (Phi) is 3.32. The Hall–Kier alpha value is -0.795. The highest BCUT2D eigenvalue weighted by molar-refractivity contribution is 6.46. The van der Waals surface area contributed by atoms with Crippen LogP contribution in [0.25, 0.3) is 0 Å². The smallest absolute Gasteiger partial charge is 0.327 e. The second-order valence-corrected chi connectivity index (χ2v) is 2.72. The molecule has 0 saturated heterocycles. The van der Waals surface area contributed by atoms with Gasteiger partial charge in [0.1, 0.15) is 0 Å². The first-order valence-electron chi connectivity index (χ1n) is 4.11. The number of rotatable bonds is 3. The summed E-state index contributed by atoms with van der Waals surface area (Å²) >= 11 is 0. The molecule has 0 fully saturated rings. The molecule has 0 unspecified atom stereocenters. The molecule has 1 rings (SSSR count). The van der Waals surface area contributed by atoms with Crippen LogP contribution in [0.15, 0.2) is 18.2 Å². The van der Waals surface area contributed by atoms with Crippen molar-refractivity contribution in [2.24, 2.45) is 5.73 Å². The van der Waals surface area contributed by atoms with Gasteiger partial charge in [0, 0.05) is 6.54 Å². The molecule has 12 heavy (non-hydrogen) atoms. The lowest BCUT2D eigenvalue weighted by Crippen LogP contribution is -2.20. The van der Waals surface area contributed by atoms with Gasteiger partial charge in [0.15, 0.2) is 0 Å². The van der Waals surface area contributed by atoms with Crippen LogP contribution in [0.1, 0.15) is 18.1 Å². The monoisotopic (exact) mass is 162 g/mol. The zero-order valence-corrected chi connectivity index (χ0v) is 7.25. The zero-order chi connectivity index (χ0) is 8.97. The molecule has 0 atom stereocenters. The summed E-state index contributed by atoms with van der Waals surface area (Å²) in [5, 5.41) is 8.90. The van der Waals surface area contributed by atoms with Crippen LogP contribution in [0.2, 0.25) is 0 Å². The van der Waals surface area contributed by atoms with E-state index < -0.39 is 0 Å². The third kappa shape index (κ3) is 1.87. The lowest BCUT2D eigenvalue weighted by Gasteiger charge is -2.05. The van der Waals surface area contributed by atoms with Gasteiger partial charge in [-0.3, -0.25) is 0 Å². The highest BCUT2D eigenvalue weighted by Crippen LogP contribution is 2.01. The summed E-state index contributed by atoms with van der Waals surface area (Å²) in [6.45, 7) is 2.58. The first-order valence-corrected chi connectivity index (χ1v) is 4.11. The van der Waals surface area contributed by atoms with E-state index in [1.165, 1.54) is 0 Å². The number of nitrogens with two attached hydrogens (primary N) is 1. The van der Waals surface area contributed by atoms with Gasteiger partial charge >= 0.3 is 7.48 Å². The van der Waals surface area contributed by atoms with E-state index in [0.29, 0.717) is 6.54 Å². The third-order valence-electron chi connectivity index (χ3n) is 1.97. The predicted octanol–water partition coefficient (Wildman–Crippen LogP) is -0.0555. The van der Waals surface area contributed by atoms with E-state index in [9.17, 15) is 0 Å². The van der Waals surface area contributed by atoms with Crippen LogP contribution < -0.4 is 11.2 Å². The summed E-state index contributed by atoms with van der Waals surface area (Å²) < 4.78 is 0. The second-order valence-electron chi connectivity index (χ2n) is 2.72. The molecule has 0 saturated carbocycles. The topological polar surface area (TPSA) is 46.2 Å². The molecule has 0 heterocycles. The Labute approximate surface area is 73.7 Å². The van der Waals surface area contributed by atoms with Crippen molar-refractivity contribution < 1.29 is 5.02 Å². The minimum Gasteiger partial charge on any atom is -0.450 e. The van der Waals surface area contributed by atoms with E-state index in [2.05, 4.69) is 6.92 Å². The molecular formula is C9H13BNO. The van der Waals surface area contributed by atoms with Crippen LogP contribution in [0.5, 0.6) is 0 Å². The van der Waals surface area contributed by atoms with E-state index in [0.717, 1.165) is 30.5 Å². The molecule has 3 N–H and O–H groups in total. The van der Waals surface area contributed by atoms with Gasteiger partial charge in [0.2, 0.25) is 0 Å². The summed E-state index contributed by atoms with van der Waals surface area (Å²) in [5.74, 6) is 0. The van der Waals surface area contributed by atoms with Crippen molar-refractivity contribution in [3.63, 3.8) is 0 Å². The second kappa shape index (κ2) is 4.29. The van der Waals surface area contributed by atoms with Crippen LogP contribution in [-0.2, 0) is 13.0 Å². The lowest BCUT2D eigenvalue weighted by atomic mass is 9.82. The fraction of sp³-hybridized carbons (Fsp3) is 0.333. The summed E-state index contributed by atoms with van der Waals surface area (Å²) in [4.78, 5) is 0. The van der Waals surface area contributed by atoms with Crippen LogP contribution in [0.3, 0.4) is 0 Å². The molecule has 0 aliphatic rings. The van der Waals surface area contributed by atoms with E-state index in [1.807, 2.05) is 18.2 Å². The fourth-order valence-corrected chi connectivity index (χ4v) is 1.21. The number of hydrogen-bond donors (Lipinski definition) is 2.